The third kappa shape index (κ3) is 3.07. The van der Waals surface area contributed by atoms with Crippen LogP contribution in [0.5, 0.6) is 0 Å². The average Bonchev–Trinajstić information content (AvgIpc) is 2.61. The van der Waals surface area contributed by atoms with Gasteiger partial charge < -0.3 is 5.11 Å². The van der Waals surface area contributed by atoms with E-state index < -0.39 is 0 Å². The van der Waals surface area contributed by atoms with Crippen molar-refractivity contribution in [2.24, 2.45) is 5.10 Å². The highest BCUT2D eigenvalue weighted by atomic mass is 16.3. The van der Waals surface area contributed by atoms with Crippen LogP contribution < -0.4 is 5.01 Å². The van der Waals surface area contributed by atoms with Crippen molar-refractivity contribution in [3.05, 3.63) is 54.2 Å². The number of anilines is 1. The number of allylic oxidation sites excluding steroid dienone is 1. The van der Waals surface area contributed by atoms with Gasteiger partial charge in [0.1, 0.15) is 0 Å². The molecule has 4 nitrogen and oxygen atoms in total. The molecule has 24 heavy (non-hydrogen) atoms. The van der Waals surface area contributed by atoms with Crippen LogP contribution >= 0.6 is 0 Å². The zero-order valence-electron chi connectivity index (χ0n) is 13.8. The number of aliphatic hydroxyl groups is 1. The molecule has 4 heteroatoms. The highest BCUT2D eigenvalue weighted by Crippen LogP contribution is 2.25. The molecule has 0 saturated carbocycles. The monoisotopic (exact) mass is 321 g/mol. The largest absolute Gasteiger partial charge is 0.395 e. The molecule has 0 spiro atoms. The lowest BCUT2D eigenvalue weighted by atomic mass is 10.0. The number of likely N-dealkylation sites (tertiary alicyclic amines) is 1. The molecule has 0 aromatic heterocycles. The summed E-state index contributed by atoms with van der Waals surface area (Å²) in [5.74, 6) is 0. The highest BCUT2D eigenvalue weighted by Gasteiger charge is 2.26. The minimum Gasteiger partial charge on any atom is -0.395 e. The van der Waals surface area contributed by atoms with Gasteiger partial charge in [0.05, 0.1) is 12.3 Å². The maximum atomic E-state index is 9.27. The Balaban J connectivity index is 1.48. The average molecular weight is 321 g/mol. The number of rotatable bonds is 5. The second-order valence-corrected chi connectivity index (χ2v) is 6.54. The molecule has 1 atom stereocenters. The van der Waals surface area contributed by atoms with Crippen LogP contribution in [0.3, 0.4) is 0 Å². The van der Waals surface area contributed by atoms with Gasteiger partial charge in [-0.25, -0.2) is 5.01 Å². The normalized spacial score (nSPS) is 20.5. The van der Waals surface area contributed by atoms with Crippen molar-refractivity contribution in [1.29, 1.82) is 0 Å². The Kier molecular flexibility index (Phi) is 4.32. The fraction of sp³-hybridized carbons (Fsp3) is 0.350. The lowest BCUT2D eigenvalue weighted by Gasteiger charge is -2.39. The van der Waals surface area contributed by atoms with Gasteiger partial charge in [-0.2, -0.15) is 5.10 Å². The SMILES string of the molecule is OC[C@@H]1CCN1CCc1ccc2cc(N3C=CCC=N3)ccc2c1. The van der Waals surface area contributed by atoms with E-state index in [2.05, 4.69) is 52.5 Å². The van der Waals surface area contributed by atoms with Gasteiger partial charge in [-0.15, -0.1) is 0 Å². The van der Waals surface area contributed by atoms with Gasteiger partial charge in [0.25, 0.3) is 0 Å². The summed E-state index contributed by atoms with van der Waals surface area (Å²) in [6.45, 7) is 2.43. The smallest absolute Gasteiger partial charge is 0.0651 e. The van der Waals surface area contributed by atoms with E-state index >= 15 is 0 Å². The number of fused-ring (bicyclic) bond motifs is 1. The van der Waals surface area contributed by atoms with E-state index in [1.54, 1.807) is 0 Å². The van der Waals surface area contributed by atoms with Crippen LogP contribution in [0, 0.1) is 0 Å². The first kappa shape index (κ1) is 15.4. The van der Waals surface area contributed by atoms with Gasteiger partial charge in [0, 0.05) is 38.0 Å². The molecule has 2 heterocycles. The molecule has 0 radical (unpaired) electrons. The predicted octanol–water partition coefficient (Wildman–Crippen LogP) is 3.16. The Labute approximate surface area is 142 Å². The molecule has 2 aromatic carbocycles. The Bertz CT molecular complexity index is 770. The molecule has 0 aliphatic carbocycles. The van der Waals surface area contributed by atoms with Crippen LogP contribution in [0.2, 0.25) is 0 Å². The summed E-state index contributed by atoms with van der Waals surface area (Å²) in [7, 11) is 0. The summed E-state index contributed by atoms with van der Waals surface area (Å²) in [4.78, 5) is 2.37. The molecule has 1 saturated heterocycles. The van der Waals surface area contributed by atoms with Gasteiger partial charge >= 0.3 is 0 Å². The molecule has 1 fully saturated rings. The molecule has 2 aliphatic heterocycles. The minimum absolute atomic E-state index is 0.286. The standard InChI is InChI=1S/C20H23N3O/c24-15-20-8-12-22(20)11-7-16-3-4-18-14-19(6-5-17(18)13-16)23-10-2-1-9-21-23/h2-6,9-10,13-14,20,24H,1,7-8,11-12,15H2/t20-/m0/s1. The van der Waals surface area contributed by atoms with E-state index in [-0.39, 0.29) is 6.61 Å². The molecular weight excluding hydrogens is 298 g/mol. The van der Waals surface area contributed by atoms with Gasteiger partial charge in [-0.1, -0.05) is 30.3 Å². The second-order valence-electron chi connectivity index (χ2n) is 6.54. The van der Waals surface area contributed by atoms with Crippen molar-refractivity contribution >= 4 is 22.7 Å². The molecule has 0 unspecified atom stereocenters. The van der Waals surface area contributed by atoms with Crippen LogP contribution in [-0.4, -0.2) is 42.0 Å². The van der Waals surface area contributed by atoms with Crippen molar-refractivity contribution in [2.75, 3.05) is 24.7 Å². The summed E-state index contributed by atoms with van der Waals surface area (Å²) in [5.41, 5.74) is 2.45. The van der Waals surface area contributed by atoms with Crippen molar-refractivity contribution in [2.45, 2.75) is 25.3 Å². The Morgan fingerprint density at radius 1 is 1.12 bits per heavy atom. The van der Waals surface area contributed by atoms with Crippen LogP contribution in [0.4, 0.5) is 5.69 Å². The molecule has 0 bridgehead atoms. The van der Waals surface area contributed by atoms with Crippen LogP contribution in [-0.2, 0) is 6.42 Å². The molecule has 124 valence electrons. The number of hydrogen-bond donors (Lipinski definition) is 1. The maximum absolute atomic E-state index is 9.27. The van der Waals surface area contributed by atoms with E-state index in [1.807, 2.05) is 17.4 Å². The molecule has 0 amide bonds. The first-order chi connectivity index (χ1) is 11.8. The van der Waals surface area contributed by atoms with Crippen molar-refractivity contribution < 1.29 is 5.11 Å². The number of aliphatic hydroxyl groups excluding tert-OH is 1. The van der Waals surface area contributed by atoms with Crippen LogP contribution in [0.25, 0.3) is 10.8 Å². The minimum atomic E-state index is 0.286. The molecule has 4 rings (SSSR count). The molecule has 1 N–H and O–H groups in total. The van der Waals surface area contributed by atoms with Gasteiger partial charge in [-0.3, -0.25) is 4.90 Å². The highest BCUT2D eigenvalue weighted by molar-refractivity contribution is 5.87. The first-order valence-corrected chi connectivity index (χ1v) is 8.69. The number of hydrazone groups is 1. The Hall–Kier alpha value is -2.17. The lowest BCUT2D eigenvalue weighted by molar-refractivity contribution is 0.0436. The van der Waals surface area contributed by atoms with Gasteiger partial charge in [0.2, 0.25) is 0 Å². The van der Waals surface area contributed by atoms with Crippen molar-refractivity contribution in [3.63, 3.8) is 0 Å². The van der Waals surface area contributed by atoms with E-state index in [1.165, 1.54) is 16.3 Å². The van der Waals surface area contributed by atoms with E-state index in [0.717, 1.165) is 38.0 Å². The summed E-state index contributed by atoms with van der Waals surface area (Å²) < 4.78 is 0. The summed E-state index contributed by atoms with van der Waals surface area (Å²) in [6, 6.07) is 13.6. The van der Waals surface area contributed by atoms with E-state index in [9.17, 15) is 5.11 Å². The van der Waals surface area contributed by atoms with Crippen LogP contribution in [0.15, 0.2) is 53.8 Å². The summed E-state index contributed by atoms with van der Waals surface area (Å²) >= 11 is 0. The zero-order chi connectivity index (χ0) is 16.4. The Morgan fingerprint density at radius 2 is 2.00 bits per heavy atom. The van der Waals surface area contributed by atoms with Crippen molar-refractivity contribution in [3.8, 4) is 0 Å². The fourth-order valence-corrected chi connectivity index (χ4v) is 3.40. The van der Waals surface area contributed by atoms with E-state index in [4.69, 9.17) is 0 Å². The summed E-state index contributed by atoms with van der Waals surface area (Å²) in [6.07, 6.45) is 9.11. The third-order valence-electron chi connectivity index (χ3n) is 5.01. The maximum Gasteiger partial charge on any atom is 0.0651 e. The predicted molar refractivity (Wildman–Crippen MR) is 99.4 cm³/mol. The topological polar surface area (TPSA) is 39.1 Å². The zero-order valence-corrected chi connectivity index (χ0v) is 13.8. The third-order valence-corrected chi connectivity index (χ3v) is 5.01. The van der Waals surface area contributed by atoms with Gasteiger partial charge in [-0.05, 0) is 41.3 Å². The molecule has 2 aliphatic rings. The van der Waals surface area contributed by atoms with E-state index in [0.29, 0.717) is 6.04 Å². The number of hydrogen-bond acceptors (Lipinski definition) is 4. The molecule has 2 aromatic rings. The Morgan fingerprint density at radius 3 is 2.75 bits per heavy atom. The van der Waals surface area contributed by atoms with Crippen molar-refractivity contribution in [1.82, 2.24) is 4.90 Å². The number of nitrogens with zero attached hydrogens (tertiary/aromatic N) is 3. The van der Waals surface area contributed by atoms with Crippen LogP contribution in [0.1, 0.15) is 18.4 Å². The summed E-state index contributed by atoms with van der Waals surface area (Å²) in [5, 5.41) is 18.1. The first-order valence-electron chi connectivity index (χ1n) is 8.69. The lowest BCUT2D eigenvalue weighted by Crippen LogP contribution is -2.50. The fourth-order valence-electron chi connectivity index (χ4n) is 3.40. The van der Waals surface area contributed by atoms with Gasteiger partial charge in [0.15, 0.2) is 0 Å². The quantitative estimate of drug-likeness (QED) is 0.919. The number of benzene rings is 2. The molecular formula is C20H23N3O. The second kappa shape index (κ2) is 6.75.